The molecule has 0 radical (unpaired) electrons. The van der Waals surface area contributed by atoms with E-state index in [0.29, 0.717) is 11.6 Å². The Labute approximate surface area is 116 Å². The van der Waals surface area contributed by atoms with Gasteiger partial charge in [-0.3, -0.25) is 4.79 Å². The van der Waals surface area contributed by atoms with Gasteiger partial charge in [0, 0.05) is 5.69 Å². The van der Waals surface area contributed by atoms with Gasteiger partial charge in [-0.1, -0.05) is 26.0 Å². The minimum absolute atomic E-state index is 0.307. The zero-order chi connectivity index (χ0) is 14.7. The summed E-state index contributed by atoms with van der Waals surface area (Å²) in [7, 11) is 0. The third-order valence-corrected chi connectivity index (χ3v) is 3.01. The molecule has 4 heteroatoms. The van der Waals surface area contributed by atoms with Gasteiger partial charge in [-0.2, -0.15) is 0 Å². The van der Waals surface area contributed by atoms with Crippen molar-refractivity contribution in [3.63, 3.8) is 0 Å². The van der Waals surface area contributed by atoms with Crippen LogP contribution >= 0.6 is 0 Å². The monoisotopic (exact) mass is 275 g/mol. The number of anilines is 1. The highest BCUT2D eigenvalue weighted by Crippen LogP contribution is 2.18. The Morgan fingerprint density at radius 3 is 2.30 bits per heavy atom. The van der Waals surface area contributed by atoms with Crippen LogP contribution in [-0.2, 0) is 0 Å². The molecular weight excluding hydrogens is 260 g/mol. The predicted octanol–water partition coefficient (Wildman–Crippen LogP) is 4.34. The Balaban J connectivity index is 2.17. The highest BCUT2D eigenvalue weighted by Gasteiger charge is 2.13. The summed E-state index contributed by atoms with van der Waals surface area (Å²) in [5, 5.41) is 2.55. The molecule has 0 aliphatic rings. The fraction of sp³-hybridized carbons (Fsp3) is 0.188. The average molecular weight is 275 g/mol. The number of nitrogens with one attached hydrogen (secondary N) is 1. The molecule has 20 heavy (non-hydrogen) atoms. The van der Waals surface area contributed by atoms with Gasteiger partial charge in [0.2, 0.25) is 0 Å². The smallest absolute Gasteiger partial charge is 0.258 e. The molecule has 0 aliphatic carbocycles. The second kappa shape index (κ2) is 5.82. The number of carbonyl (C=O) groups is 1. The largest absolute Gasteiger partial charge is 0.322 e. The van der Waals surface area contributed by atoms with Gasteiger partial charge in [0.05, 0.1) is 5.56 Å². The van der Waals surface area contributed by atoms with Crippen molar-refractivity contribution in [3.8, 4) is 0 Å². The van der Waals surface area contributed by atoms with Crippen molar-refractivity contribution in [1.82, 2.24) is 0 Å². The van der Waals surface area contributed by atoms with E-state index in [1.165, 1.54) is 0 Å². The number of amides is 1. The van der Waals surface area contributed by atoms with Crippen molar-refractivity contribution in [2.45, 2.75) is 19.8 Å². The van der Waals surface area contributed by atoms with Crippen molar-refractivity contribution in [3.05, 3.63) is 65.2 Å². The lowest BCUT2D eigenvalue weighted by Crippen LogP contribution is -2.14. The van der Waals surface area contributed by atoms with Crippen LogP contribution in [-0.4, -0.2) is 5.91 Å². The van der Waals surface area contributed by atoms with Crippen molar-refractivity contribution in [1.29, 1.82) is 0 Å². The van der Waals surface area contributed by atoms with E-state index in [-0.39, 0.29) is 5.56 Å². The van der Waals surface area contributed by atoms with Crippen LogP contribution in [0.1, 0.15) is 35.7 Å². The number of carbonyl (C=O) groups excluding carboxylic acids is 1. The molecule has 2 aromatic rings. The Morgan fingerprint density at radius 2 is 1.70 bits per heavy atom. The van der Waals surface area contributed by atoms with E-state index in [1.54, 1.807) is 12.1 Å². The average Bonchev–Trinajstić information content (AvgIpc) is 2.42. The molecule has 0 unspecified atom stereocenters. The van der Waals surface area contributed by atoms with Crippen molar-refractivity contribution < 1.29 is 13.6 Å². The molecule has 0 heterocycles. The molecular formula is C16H15F2NO. The van der Waals surface area contributed by atoms with E-state index in [2.05, 4.69) is 19.2 Å². The van der Waals surface area contributed by atoms with E-state index < -0.39 is 17.5 Å². The molecule has 0 atom stereocenters. The van der Waals surface area contributed by atoms with Crippen LogP contribution < -0.4 is 5.32 Å². The van der Waals surface area contributed by atoms with Crippen LogP contribution in [0.4, 0.5) is 14.5 Å². The molecule has 0 saturated carbocycles. The van der Waals surface area contributed by atoms with Gasteiger partial charge in [-0.15, -0.1) is 0 Å². The van der Waals surface area contributed by atoms with Gasteiger partial charge in [0.25, 0.3) is 5.91 Å². The van der Waals surface area contributed by atoms with Crippen molar-refractivity contribution >= 4 is 11.6 Å². The fourth-order valence-corrected chi connectivity index (χ4v) is 1.82. The Hall–Kier alpha value is -2.23. The zero-order valence-electron chi connectivity index (χ0n) is 11.3. The standard InChI is InChI=1S/C16H15F2NO/c1-10(2)11-3-6-13(7-4-11)19-16(20)14-9-12(17)5-8-15(14)18/h3-10H,1-2H3,(H,19,20). The van der Waals surface area contributed by atoms with Crippen LogP contribution in [0.25, 0.3) is 0 Å². The molecule has 2 aromatic carbocycles. The lowest BCUT2D eigenvalue weighted by Gasteiger charge is -2.09. The summed E-state index contributed by atoms with van der Waals surface area (Å²) in [6.45, 7) is 4.13. The van der Waals surface area contributed by atoms with Crippen LogP contribution in [0.2, 0.25) is 0 Å². The van der Waals surface area contributed by atoms with E-state index >= 15 is 0 Å². The van der Waals surface area contributed by atoms with Gasteiger partial charge in [0.1, 0.15) is 11.6 Å². The first-order valence-electron chi connectivity index (χ1n) is 6.33. The Bertz CT molecular complexity index is 621. The topological polar surface area (TPSA) is 29.1 Å². The van der Waals surface area contributed by atoms with Gasteiger partial charge in [-0.25, -0.2) is 8.78 Å². The second-order valence-electron chi connectivity index (χ2n) is 4.86. The molecule has 1 amide bonds. The third kappa shape index (κ3) is 3.20. The molecule has 0 spiro atoms. The third-order valence-electron chi connectivity index (χ3n) is 3.01. The number of hydrogen-bond acceptors (Lipinski definition) is 1. The fourth-order valence-electron chi connectivity index (χ4n) is 1.82. The molecule has 0 aliphatic heterocycles. The molecule has 0 bridgehead atoms. The first kappa shape index (κ1) is 14.2. The van der Waals surface area contributed by atoms with E-state index in [1.807, 2.05) is 12.1 Å². The number of hydrogen-bond donors (Lipinski definition) is 1. The van der Waals surface area contributed by atoms with Crippen LogP contribution in [0.15, 0.2) is 42.5 Å². The van der Waals surface area contributed by atoms with Gasteiger partial charge in [-0.05, 0) is 41.8 Å². The Morgan fingerprint density at radius 1 is 1.05 bits per heavy atom. The van der Waals surface area contributed by atoms with Gasteiger partial charge >= 0.3 is 0 Å². The molecule has 2 nitrogen and oxygen atoms in total. The summed E-state index contributed by atoms with van der Waals surface area (Å²) in [5.41, 5.74) is 1.38. The summed E-state index contributed by atoms with van der Waals surface area (Å²) >= 11 is 0. The summed E-state index contributed by atoms with van der Waals surface area (Å²) in [5.74, 6) is -1.67. The minimum atomic E-state index is -0.747. The number of rotatable bonds is 3. The molecule has 2 rings (SSSR count). The molecule has 0 saturated heterocycles. The quantitative estimate of drug-likeness (QED) is 0.887. The predicted molar refractivity (Wildman–Crippen MR) is 74.8 cm³/mol. The van der Waals surface area contributed by atoms with Crippen LogP contribution in [0.5, 0.6) is 0 Å². The highest BCUT2D eigenvalue weighted by molar-refractivity contribution is 6.04. The first-order chi connectivity index (χ1) is 9.47. The lowest BCUT2D eigenvalue weighted by atomic mass is 10.0. The summed E-state index contributed by atoms with van der Waals surface area (Å²) in [6.07, 6.45) is 0. The normalized spacial score (nSPS) is 10.7. The number of halogens is 2. The molecule has 104 valence electrons. The van der Waals surface area contributed by atoms with E-state index in [4.69, 9.17) is 0 Å². The van der Waals surface area contributed by atoms with Crippen LogP contribution in [0.3, 0.4) is 0 Å². The summed E-state index contributed by atoms with van der Waals surface area (Å²) in [6, 6.07) is 10.1. The zero-order valence-corrected chi connectivity index (χ0v) is 11.3. The molecule has 1 N–H and O–H groups in total. The van der Waals surface area contributed by atoms with Crippen molar-refractivity contribution in [2.24, 2.45) is 0 Å². The SMILES string of the molecule is CC(C)c1ccc(NC(=O)c2cc(F)ccc2F)cc1. The lowest BCUT2D eigenvalue weighted by molar-refractivity contribution is 0.102. The minimum Gasteiger partial charge on any atom is -0.322 e. The van der Waals surface area contributed by atoms with Crippen molar-refractivity contribution in [2.75, 3.05) is 5.32 Å². The molecule has 0 fully saturated rings. The van der Waals surface area contributed by atoms with E-state index in [9.17, 15) is 13.6 Å². The molecule has 0 aromatic heterocycles. The highest BCUT2D eigenvalue weighted by atomic mass is 19.1. The first-order valence-corrected chi connectivity index (χ1v) is 6.33. The summed E-state index contributed by atoms with van der Waals surface area (Å²) in [4.78, 5) is 11.9. The second-order valence-corrected chi connectivity index (χ2v) is 4.86. The maximum atomic E-state index is 13.5. The van der Waals surface area contributed by atoms with Gasteiger partial charge < -0.3 is 5.32 Å². The van der Waals surface area contributed by atoms with E-state index in [0.717, 1.165) is 23.8 Å². The maximum absolute atomic E-state index is 13.5. The number of benzene rings is 2. The summed E-state index contributed by atoms with van der Waals surface area (Å²) < 4.78 is 26.5. The Kier molecular flexibility index (Phi) is 4.13. The van der Waals surface area contributed by atoms with Crippen LogP contribution in [0, 0.1) is 11.6 Å². The van der Waals surface area contributed by atoms with Gasteiger partial charge in [0.15, 0.2) is 0 Å². The maximum Gasteiger partial charge on any atom is 0.258 e.